The summed E-state index contributed by atoms with van der Waals surface area (Å²) in [4.78, 5) is 32.0. The summed E-state index contributed by atoms with van der Waals surface area (Å²) >= 11 is 0. The van der Waals surface area contributed by atoms with Crippen molar-refractivity contribution in [1.29, 1.82) is 0 Å². The molecule has 0 bridgehead atoms. The normalized spacial score (nSPS) is 14.5. The van der Waals surface area contributed by atoms with Crippen LogP contribution in [0.2, 0.25) is 0 Å². The predicted molar refractivity (Wildman–Crippen MR) is 126 cm³/mol. The Morgan fingerprint density at radius 1 is 0.882 bits per heavy atom. The number of hydrogen-bond donors (Lipinski definition) is 0. The number of amides is 2. The third-order valence-corrected chi connectivity index (χ3v) is 7.13. The van der Waals surface area contributed by atoms with Gasteiger partial charge in [0, 0.05) is 17.2 Å². The lowest BCUT2D eigenvalue weighted by Crippen LogP contribution is -2.33. The molecular weight excluding hydrogens is 455 g/mol. The van der Waals surface area contributed by atoms with E-state index in [4.69, 9.17) is 0 Å². The zero-order valence-corrected chi connectivity index (χ0v) is 19.1. The fourth-order valence-electron chi connectivity index (χ4n) is 4.48. The van der Waals surface area contributed by atoms with Crippen molar-refractivity contribution in [2.45, 2.75) is 17.9 Å². The largest absolute Gasteiger partial charge is 0.269 e. The van der Waals surface area contributed by atoms with E-state index < -0.39 is 33.5 Å². The fourth-order valence-corrected chi connectivity index (χ4v) is 5.63. The van der Waals surface area contributed by atoms with E-state index in [1.807, 2.05) is 0 Å². The number of nitrogens with zero attached hydrogens (tertiary/aromatic N) is 2. The van der Waals surface area contributed by atoms with E-state index in [0.717, 1.165) is 17.2 Å². The van der Waals surface area contributed by atoms with Gasteiger partial charge in [0.1, 0.15) is 5.82 Å². The number of pyridine rings is 1. The van der Waals surface area contributed by atoms with Crippen LogP contribution in [0, 0.1) is 5.82 Å². The maximum absolute atomic E-state index is 14.2. The molecule has 5 rings (SSSR count). The van der Waals surface area contributed by atoms with Gasteiger partial charge in [-0.05, 0) is 42.8 Å². The van der Waals surface area contributed by atoms with Gasteiger partial charge in [-0.2, -0.15) is 0 Å². The number of fused-ring (bicyclic) bond motifs is 2. The van der Waals surface area contributed by atoms with Crippen LogP contribution in [0.15, 0.2) is 77.7 Å². The minimum atomic E-state index is -3.88. The Kier molecular flexibility index (Phi) is 5.06. The maximum atomic E-state index is 14.2. The molecule has 0 saturated heterocycles. The van der Waals surface area contributed by atoms with Gasteiger partial charge in [-0.1, -0.05) is 42.5 Å². The molecule has 8 heteroatoms. The summed E-state index contributed by atoms with van der Waals surface area (Å²) in [6.45, 7) is 1.64. The van der Waals surface area contributed by atoms with Gasteiger partial charge in [0.25, 0.3) is 11.8 Å². The van der Waals surface area contributed by atoms with Crippen LogP contribution in [0.4, 0.5) is 4.39 Å². The first kappa shape index (κ1) is 21.9. The number of carbonyl (C=O) groups is 2. The highest BCUT2D eigenvalue weighted by Crippen LogP contribution is 2.41. The SMILES string of the molecule is CC(c1nc2ccc(F)cc2c(S(C)(=O)=O)c1-c1ccccc1)N1C(=O)c2ccccc2C1=O. The van der Waals surface area contributed by atoms with Crippen molar-refractivity contribution < 1.29 is 22.4 Å². The van der Waals surface area contributed by atoms with Crippen molar-refractivity contribution in [2.24, 2.45) is 0 Å². The molecule has 2 heterocycles. The summed E-state index contributed by atoms with van der Waals surface area (Å²) in [6.07, 6.45) is 1.05. The van der Waals surface area contributed by atoms with Gasteiger partial charge in [-0.3, -0.25) is 14.5 Å². The van der Waals surface area contributed by atoms with E-state index >= 15 is 0 Å². The first-order chi connectivity index (χ1) is 16.2. The lowest BCUT2D eigenvalue weighted by molar-refractivity contribution is 0.0592. The van der Waals surface area contributed by atoms with E-state index in [2.05, 4.69) is 4.98 Å². The Morgan fingerprint density at radius 2 is 1.47 bits per heavy atom. The van der Waals surface area contributed by atoms with Crippen LogP contribution in [0.25, 0.3) is 22.0 Å². The van der Waals surface area contributed by atoms with Crippen LogP contribution in [-0.4, -0.2) is 36.4 Å². The van der Waals surface area contributed by atoms with Crippen molar-refractivity contribution in [3.63, 3.8) is 0 Å². The minimum Gasteiger partial charge on any atom is -0.269 e. The van der Waals surface area contributed by atoms with Crippen molar-refractivity contribution in [1.82, 2.24) is 9.88 Å². The van der Waals surface area contributed by atoms with Crippen LogP contribution in [0.5, 0.6) is 0 Å². The predicted octanol–water partition coefficient (Wildman–Crippen LogP) is 4.80. The van der Waals surface area contributed by atoms with Gasteiger partial charge in [-0.15, -0.1) is 0 Å². The summed E-state index contributed by atoms with van der Waals surface area (Å²) in [5.41, 5.74) is 1.82. The monoisotopic (exact) mass is 474 g/mol. The van der Waals surface area contributed by atoms with E-state index in [0.29, 0.717) is 5.56 Å². The number of sulfone groups is 1. The summed E-state index contributed by atoms with van der Waals surface area (Å²) in [5, 5.41) is 0.139. The Bertz CT molecular complexity index is 1570. The van der Waals surface area contributed by atoms with Crippen molar-refractivity contribution in [3.05, 3.63) is 95.4 Å². The highest BCUT2D eigenvalue weighted by atomic mass is 32.2. The molecule has 0 spiro atoms. The van der Waals surface area contributed by atoms with Crippen LogP contribution in [0.1, 0.15) is 39.4 Å². The molecule has 1 aliphatic rings. The number of halogens is 1. The molecular formula is C26H19FN2O4S. The topological polar surface area (TPSA) is 84.4 Å². The number of imide groups is 1. The van der Waals surface area contributed by atoms with Gasteiger partial charge in [0.05, 0.1) is 33.3 Å². The molecule has 1 aliphatic heterocycles. The lowest BCUT2D eigenvalue weighted by Gasteiger charge is -2.26. The van der Waals surface area contributed by atoms with Crippen LogP contribution >= 0.6 is 0 Å². The second kappa shape index (κ2) is 7.85. The molecule has 1 aromatic heterocycles. The number of benzene rings is 3. The first-order valence-electron chi connectivity index (χ1n) is 10.5. The van der Waals surface area contributed by atoms with E-state index in [1.165, 1.54) is 12.1 Å². The van der Waals surface area contributed by atoms with E-state index in [9.17, 15) is 22.4 Å². The van der Waals surface area contributed by atoms with Crippen LogP contribution in [0.3, 0.4) is 0 Å². The molecule has 0 aliphatic carbocycles. The van der Waals surface area contributed by atoms with Gasteiger partial charge in [0.15, 0.2) is 9.84 Å². The lowest BCUT2D eigenvalue weighted by atomic mass is 9.97. The minimum absolute atomic E-state index is 0.0957. The Balaban J connectivity index is 1.84. The summed E-state index contributed by atoms with van der Waals surface area (Å²) in [7, 11) is -3.88. The summed E-state index contributed by atoms with van der Waals surface area (Å²) in [6, 6.07) is 18.1. The zero-order chi connectivity index (χ0) is 24.2. The average molecular weight is 475 g/mol. The molecule has 0 radical (unpaired) electrons. The number of aromatic nitrogens is 1. The Labute approximate surface area is 195 Å². The van der Waals surface area contributed by atoms with Crippen molar-refractivity contribution in [3.8, 4) is 11.1 Å². The Morgan fingerprint density at radius 3 is 2.06 bits per heavy atom. The highest BCUT2D eigenvalue weighted by molar-refractivity contribution is 7.91. The molecule has 0 N–H and O–H groups in total. The smallest absolute Gasteiger partial charge is 0.262 e. The zero-order valence-electron chi connectivity index (χ0n) is 18.3. The van der Waals surface area contributed by atoms with Gasteiger partial charge < -0.3 is 0 Å². The highest BCUT2D eigenvalue weighted by Gasteiger charge is 2.40. The van der Waals surface area contributed by atoms with Gasteiger partial charge in [-0.25, -0.2) is 17.8 Å². The molecule has 1 unspecified atom stereocenters. The quantitative estimate of drug-likeness (QED) is 0.397. The summed E-state index contributed by atoms with van der Waals surface area (Å²) in [5.74, 6) is -1.55. The first-order valence-corrected chi connectivity index (χ1v) is 12.4. The maximum Gasteiger partial charge on any atom is 0.262 e. The Hall–Kier alpha value is -3.91. The molecule has 34 heavy (non-hydrogen) atoms. The second-order valence-electron chi connectivity index (χ2n) is 8.20. The number of rotatable bonds is 4. The third-order valence-electron chi connectivity index (χ3n) is 5.97. The number of carbonyl (C=O) groups excluding carboxylic acids is 2. The third kappa shape index (κ3) is 3.38. The average Bonchev–Trinajstić information content (AvgIpc) is 3.07. The van der Waals surface area contributed by atoms with E-state index in [-0.39, 0.29) is 38.2 Å². The molecule has 0 saturated carbocycles. The van der Waals surface area contributed by atoms with Gasteiger partial charge >= 0.3 is 0 Å². The van der Waals surface area contributed by atoms with Gasteiger partial charge in [0.2, 0.25) is 0 Å². The molecule has 4 aromatic rings. The summed E-state index contributed by atoms with van der Waals surface area (Å²) < 4.78 is 40.3. The number of hydrogen-bond acceptors (Lipinski definition) is 5. The molecule has 170 valence electrons. The molecule has 3 aromatic carbocycles. The molecule has 6 nitrogen and oxygen atoms in total. The van der Waals surface area contributed by atoms with Crippen molar-refractivity contribution in [2.75, 3.05) is 6.26 Å². The second-order valence-corrected chi connectivity index (χ2v) is 10.2. The molecule has 0 fully saturated rings. The standard InChI is InChI=1S/C26H19FN2O4S/c1-15(29-25(30)18-10-6-7-11-19(18)26(29)31)23-22(16-8-4-3-5-9-16)24(34(2,32)33)20-14-17(27)12-13-21(20)28-23/h3-15H,1-2H3. The van der Waals surface area contributed by atoms with Crippen LogP contribution < -0.4 is 0 Å². The molecule has 1 atom stereocenters. The van der Waals surface area contributed by atoms with Crippen molar-refractivity contribution >= 4 is 32.6 Å². The van der Waals surface area contributed by atoms with Crippen LogP contribution in [-0.2, 0) is 9.84 Å². The molecule has 2 amide bonds. The van der Waals surface area contributed by atoms with E-state index in [1.54, 1.807) is 61.5 Å². The fraction of sp³-hybridized carbons (Fsp3) is 0.115.